The molecule has 1 unspecified atom stereocenters. The van der Waals surface area contributed by atoms with Crippen LogP contribution in [0.4, 0.5) is 0 Å². The fourth-order valence-corrected chi connectivity index (χ4v) is 4.17. The van der Waals surface area contributed by atoms with Gasteiger partial charge in [-0.25, -0.2) is 4.98 Å². The summed E-state index contributed by atoms with van der Waals surface area (Å²) in [6.07, 6.45) is 6.04. The second-order valence-electron chi connectivity index (χ2n) is 7.67. The van der Waals surface area contributed by atoms with E-state index in [1.807, 2.05) is 36.7 Å². The van der Waals surface area contributed by atoms with E-state index in [0.29, 0.717) is 5.92 Å². The first-order valence-electron chi connectivity index (χ1n) is 9.94. The molecule has 0 spiro atoms. The molecule has 6 heteroatoms. The van der Waals surface area contributed by atoms with E-state index in [1.54, 1.807) is 0 Å². The maximum Gasteiger partial charge on any atom is 0.123 e. The molecule has 1 aromatic carbocycles. The Morgan fingerprint density at radius 1 is 1.29 bits per heavy atom. The van der Waals surface area contributed by atoms with E-state index in [2.05, 4.69) is 34.5 Å². The predicted octanol–water partition coefficient (Wildman–Crippen LogP) is 4.61. The number of aryl methyl sites for hydroxylation is 1. The lowest BCUT2D eigenvalue weighted by Crippen LogP contribution is -2.35. The molecule has 0 radical (unpaired) electrons. The Hall–Kier alpha value is -1.95. The van der Waals surface area contributed by atoms with Gasteiger partial charge < -0.3 is 9.30 Å². The van der Waals surface area contributed by atoms with Crippen molar-refractivity contribution in [2.24, 2.45) is 13.0 Å². The molecule has 0 amide bonds. The molecule has 3 aromatic rings. The van der Waals surface area contributed by atoms with E-state index in [0.717, 1.165) is 61.0 Å². The van der Waals surface area contributed by atoms with Crippen LogP contribution < -0.4 is 0 Å². The monoisotopic (exact) mass is 398 g/mol. The van der Waals surface area contributed by atoms with E-state index >= 15 is 0 Å². The number of fused-ring (bicyclic) bond motifs is 1. The van der Waals surface area contributed by atoms with Crippen LogP contribution in [0.25, 0.3) is 11.0 Å². The summed E-state index contributed by atoms with van der Waals surface area (Å²) < 4.78 is 7.74. The van der Waals surface area contributed by atoms with Crippen molar-refractivity contribution in [2.45, 2.75) is 32.4 Å². The Balaban J connectivity index is 1.62. The highest BCUT2D eigenvalue weighted by atomic mass is 35.5. The summed E-state index contributed by atoms with van der Waals surface area (Å²) in [6, 6.07) is 10.3. The number of ether oxygens (including phenoxy) is 1. The van der Waals surface area contributed by atoms with Gasteiger partial charge in [0.15, 0.2) is 0 Å². The minimum Gasteiger partial charge on any atom is -0.381 e. The van der Waals surface area contributed by atoms with Gasteiger partial charge in [0.2, 0.25) is 0 Å². The van der Waals surface area contributed by atoms with Gasteiger partial charge in [-0.15, -0.1) is 0 Å². The van der Waals surface area contributed by atoms with E-state index in [1.165, 1.54) is 5.56 Å². The van der Waals surface area contributed by atoms with Gasteiger partial charge in [0, 0.05) is 50.3 Å². The van der Waals surface area contributed by atoms with Crippen molar-refractivity contribution >= 4 is 22.6 Å². The molecular weight excluding hydrogens is 372 g/mol. The zero-order valence-corrected chi connectivity index (χ0v) is 17.3. The highest BCUT2D eigenvalue weighted by molar-refractivity contribution is 6.31. The minimum absolute atomic E-state index is 0.264. The fourth-order valence-electron chi connectivity index (χ4n) is 4.00. The summed E-state index contributed by atoms with van der Waals surface area (Å²) in [6.45, 7) is 5.81. The highest BCUT2D eigenvalue weighted by Gasteiger charge is 2.24. The molecule has 5 nitrogen and oxygen atoms in total. The third-order valence-corrected chi connectivity index (χ3v) is 6.06. The molecule has 1 fully saturated rings. The Morgan fingerprint density at radius 2 is 2.11 bits per heavy atom. The van der Waals surface area contributed by atoms with Gasteiger partial charge in [-0.05, 0) is 55.5 Å². The van der Waals surface area contributed by atoms with Crippen LogP contribution in [0.5, 0.6) is 0 Å². The smallest absolute Gasteiger partial charge is 0.123 e. The lowest BCUT2D eigenvalue weighted by Gasteiger charge is -2.34. The van der Waals surface area contributed by atoms with E-state index in [4.69, 9.17) is 21.3 Å². The van der Waals surface area contributed by atoms with Gasteiger partial charge in [0.1, 0.15) is 5.82 Å². The van der Waals surface area contributed by atoms with Gasteiger partial charge in [-0.2, -0.15) is 0 Å². The van der Waals surface area contributed by atoms with Crippen molar-refractivity contribution < 1.29 is 4.74 Å². The third-order valence-electron chi connectivity index (χ3n) is 5.83. The van der Waals surface area contributed by atoms with Crippen LogP contribution in [-0.2, 0) is 18.3 Å². The van der Waals surface area contributed by atoms with Crippen molar-refractivity contribution in [1.29, 1.82) is 0 Å². The molecule has 148 valence electrons. The summed E-state index contributed by atoms with van der Waals surface area (Å²) in [7, 11) is 2.08. The molecule has 1 atom stereocenters. The molecule has 4 rings (SSSR count). The summed E-state index contributed by atoms with van der Waals surface area (Å²) in [4.78, 5) is 11.7. The van der Waals surface area contributed by atoms with Crippen molar-refractivity contribution in [2.75, 3.05) is 19.8 Å². The van der Waals surface area contributed by atoms with Crippen LogP contribution in [0.2, 0.25) is 5.02 Å². The van der Waals surface area contributed by atoms with Crippen LogP contribution >= 0.6 is 11.6 Å². The number of imidazole rings is 1. The summed E-state index contributed by atoms with van der Waals surface area (Å²) in [5.74, 6) is 1.71. The molecule has 3 heterocycles. The number of nitrogens with zero attached hydrogens (tertiary/aromatic N) is 4. The van der Waals surface area contributed by atoms with E-state index in [9.17, 15) is 0 Å². The van der Waals surface area contributed by atoms with Crippen LogP contribution in [0.1, 0.15) is 37.2 Å². The highest BCUT2D eigenvalue weighted by Crippen LogP contribution is 2.27. The first-order valence-corrected chi connectivity index (χ1v) is 10.3. The number of halogens is 1. The standard InChI is InChI=1S/C22H27ClN4O/c1-16(18-4-3-9-24-13-18)27(14-17-7-10-28-11-8-17)15-22-25-20-12-19(23)5-6-21(20)26(22)2/h3-6,9,12-13,16-17H,7-8,10-11,14-15H2,1-2H3. The van der Waals surface area contributed by atoms with Gasteiger partial charge in [-0.3, -0.25) is 9.88 Å². The maximum atomic E-state index is 6.17. The molecule has 1 saturated heterocycles. The molecule has 28 heavy (non-hydrogen) atoms. The third kappa shape index (κ3) is 4.22. The fraction of sp³-hybridized carbons (Fsp3) is 0.455. The number of hydrogen-bond acceptors (Lipinski definition) is 4. The number of pyridine rings is 1. The lowest BCUT2D eigenvalue weighted by molar-refractivity contribution is 0.0439. The van der Waals surface area contributed by atoms with E-state index in [-0.39, 0.29) is 6.04 Å². The average molecular weight is 399 g/mol. The normalized spacial score (nSPS) is 16.7. The van der Waals surface area contributed by atoms with E-state index < -0.39 is 0 Å². The molecule has 0 saturated carbocycles. The second-order valence-corrected chi connectivity index (χ2v) is 8.10. The lowest BCUT2D eigenvalue weighted by atomic mass is 9.98. The zero-order valence-electron chi connectivity index (χ0n) is 16.5. The average Bonchev–Trinajstić information content (AvgIpc) is 3.03. The van der Waals surface area contributed by atoms with Gasteiger partial charge >= 0.3 is 0 Å². The molecule has 2 aromatic heterocycles. The molecule has 0 bridgehead atoms. The van der Waals surface area contributed by atoms with Crippen molar-refractivity contribution in [3.05, 3.63) is 59.1 Å². The Kier molecular flexibility index (Phi) is 5.95. The first-order chi connectivity index (χ1) is 13.6. The number of hydrogen-bond donors (Lipinski definition) is 0. The van der Waals surface area contributed by atoms with Gasteiger partial charge in [0.25, 0.3) is 0 Å². The topological polar surface area (TPSA) is 43.2 Å². The SMILES string of the molecule is CC(c1cccnc1)N(Cc1nc2cc(Cl)ccc2n1C)CC1CCOCC1. The largest absolute Gasteiger partial charge is 0.381 e. The Morgan fingerprint density at radius 3 is 2.86 bits per heavy atom. The molecular formula is C22H27ClN4O. The molecule has 0 aliphatic carbocycles. The van der Waals surface area contributed by atoms with Crippen LogP contribution in [0, 0.1) is 5.92 Å². The maximum absolute atomic E-state index is 6.17. The number of benzene rings is 1. The number of rotatable bonds is 6. The minimum atomic E-state index is 0.264. The van der Waals surface area contributed by atoms with Crippen molar-refractivity contribution in [3.8, 4) is 0 Å². The van der Waals surface area contributed by atoms with Gasteiger partial charge in [-0.1, -0.05) is 17.7 Å². The Bertz CT molecular complexity index is 921. The van der Waals surface area contributed by atoms with Crippen molar-refractivity contribution in [1.82, 2.24) is 19.4 Å². The van der Waals surface area contributed by atoms with Crippen LogP contribution in [0.3, 0.4) is 0 Å². The molecule has 0 N–H and O–H groups in total. The first kappa shape index (κ1) is 19.4. The zero-order chi connectivity index (χ0) is 19.5. The predicted molar refractivity (Wildman–Crippen MR) is 112 cm³/mol. The molecule has 1 aliphatic rings. The second kappa shape index (κ2) is 8.60. The summed E-state index contributed by atoms with van der Waals surface area (Å²) in [5.41, 5.74) is 3.29. The number of aromatic nitrogens is 3. The summed E-state index contributed by atoms with van der Waals surface area (Å²) in [5, 5.41) is 0.722. The van der Waals surface area contributed by atoms with Gasteiger partial charge in [0.05, 0.1) is 17.6 Å². The summed E-state index contributed by atoms with van der Waals surface area (Å²) >= 11 is 6.17. The molecule has 1 aliphatic heterocycles. The van der Waals surface area contributed by atoms with Crippen LogP contribution in [0.15, 0.2) is 42.7 Å². The quantitative estimate of drug-likeness (QED) is 0.608. The van der Waals surface area contributed by atoms with Crippen molar-refractivity contribution in [3.63, 3.8) is 0 Å². The van der Waals surface area contributed by atoms with Crippen LogP contribution in [-0.4, -0.2) is 39.2 Å². The Labute approximate surface area is 171 Å².